The second-order valence-corrected chi connectivity index (χ2v) is 5.00. The number of carbonyl (C=O) groups is 1. The molecule has 2 rings (SSSR count). The van der Waals surface area contributed by atoms with Crippen molar-refractivity contribution in [2.75, 3.05) is 11.1 Å². The lowest BCUT2D eigenvalue weighted by atomic mass is 10.1. The first-order valence-electron chi connectivity index (χ1n) is 6.36. The molecule has 2 aromatic rings. The molecule has 0 spiro atoms. The van der Waals surface area contributed by atoms with Gasteiger partial charge in [-0.15, -0.1) is 0 Å². The normalized spacial score (nSPS) is 10.3. The summed E-state index contributed by atoms with van der Waals surface area (Å²) in [5.74, 6) is -0.176. The minimum absolute atomic E-state index is 0.0936. The Morgan fingerprint density at radius 2 is 1.80 bits per heavy atom. The second-order valence-electron chi connectivity index (χ2n) is 5.00. The molecule has 4 N–H and O–H groups in total. The molecular weight excluding hydrogens is 252 g/mol. The highest BCUT2D eigenvalue weighted by Crippen LogP contribution is 2.29. The second kappa shape index (κ2) is 5.25. The van der Waals surface area contributed by atoms with Crippen LogP contribution in [0.15, 0.2) is 30.3 Å². The largest absolute Gasteiger partial charge is 0.505 e. The van der Waals surface area contributed by atoms with E-state index in [0.717, 1.165) is 16.7 Å². The van der Waals surface area contributed by atoms with Crippen molar-refractivity contribution in [3.8, 4) is 5.75 Å². The van der Waals surface area contributed by atoms with Gasteiger partial charge in [-0.3, -0.25) is 4.79 Å². The number of phenols is 1. The number of aryl methyl sites for hydroxylation is 3. The Labute approximate surface area is 118 Å². The average Bonchev–Trinajstić information content (AvgIpc) is 2.38. The van der Waals surface area contributed by atoms with Gasteiger partial charge in [0.2, 0.25) is 0 Å². The zero-order valence-electron chi connectivity index (χ0n) is 11.8. The molecule has 0 radical (unpaired) electrons. The summed E-state index contributed by atoms with van der Waals surface area (Å²) < 4.78 is 0. The van der Waals surface area contributed by atoms with Crippen molar-refractivity contribution in [2.45, 2.75) is 20.8 Å². The first-order valence-corrected chi connectivity index (χ1v) is 6.36. The minimum Gasteiger partial charge on any atom is -0.505 e. The molecule has 0 aromatic heterocycles. The first kappa shape index (κ1) is 13.9. The lowest BCUT2D eigenvalue weighted by Gasteiger charge is -2.11. The molecule has 0 saturated carbocycles. The van der Waals surface area contributed by atoms with Gasteiger partial charge in [0.25, 0.3) is 5.91 Å². The third-order valence-electron chi connectivity index (χ3n) is 3.23. The van der Waals surface area contributed by atoms with E-state index in [2.05, 4.69) is 5.32 Å². The molecule has 0 saturated heterocycles. The number of benzene rings is 2. The van der Waals surface area contributed by atoms with E-state index in [1.165, 1.54) is 0 Å². The van der Waals surface area contributed by atoms with Crippen LogP contribution < -0.4 is 11.1 Å². The maximum Gasteiger partial charge on any atom is 0.255 e. The van der Waals surface area contributed by atoms with Crippen molar-refractivity contribution >= 4 is 17.3 Å². The van der Waals surface area contributed by atoms with Crippen LogP contribution in [0.25, 0.3) is 0 Å². The monoisotopic (exact) mass is 270 g/mol. The Morgan fingerprint density at radius 3 is 2.45 bits per heavy atom. The number of aromatic hydroxyl groups is 1. The summed E-state index contributed by atoms with van der Waals surface area (Å²) in [6.45, 7) is 5.56. The van der Waals surface area contributed by atoms with Crippen molar-refractivity contribution in [2.24, 2.45) is 0 Å². The Hall–Kier alpha value is -2.49. The third-order valence-corrected chi connectivity index (χ3v) is 3.23. The maximum absolute atomic E-state index is 12.2. The molecule has 2 aromatic carbocycles. The van der Waals surface area contributed by atoms with Crippen molar-refractivity contribution in [1.29, 1.82) is 0 Å². The SMILES string of the molecule is Cc1cc(C)c(O)c(NC(=O)c2ccc(N)c(C)c2)c1. The number of nitrogens with two attached hydrogens (primary N) is 1. The third kappa shape index (κ3) is 2.74. The van der Waals surface area contributed by atoms with E-state index in [9.17, 15) is 9.90 Å². The van der Waals surface area contributed by atoms with Crippen LogP contribution in [0, 0.1) is 20.8 Å². The quantitative estimate of drug-likeness (QED) is 0.579. The lowest BCUT2D eigenvalue weighted by Crippen LogP contribution is -2.12. The summed E-state index contributed by atoms with van der Waals surface area (Å²) in [6.07, 6.45) is 0. The highest BCUT2D eigenvalue weighted by Gasteiger charge is 2.11. The van der Waals surface area contributed by atoms with Crippen LogP contribution in [0.5, 0.6) is 5.75 Å². The van der Waals surface area contributed by atoms with Gasteiger partial charge in [-0.05, 0) is 61.7 Å². The van der Waals surface area contributed by atoms with E-state index in [-0.39, 0.29) is 11.7 Å². The number of anilines is 2. The van der Waals surface area contributed by atoms with E-state index in [4.69, 9.17) is 5.73 Å². The standard InChI is InChI=1S/C16H18N2O2/c1-9-6-11(3)15(19)14(7-9)18-16(20)12-4-5-13(17)10(2)8-12/h4-8,19H,17H2,1-3H3,(H,18,20). The van der Waals surface area contributed by atoms with E-state index in [1.807, 2.05) is 19.9 Å². The van der Waals surface area contributed by atoms with Crippen molar-refractivity contribution < 1.29 is 9.90 Å². The number of nitrogen functional groups attached to an aromatic ring is 1. The Kier molecular flexibility index (Phi) is 3.66. The summed E-state index contributed by atoms with van der Waals surface area (Å²) in [5, 5.41) is 12.7. The van der Waals surface area contributed by atoms with E-state index < -0.39 is 0 Å². The van der Waals surface area contributed by atoms with Gasteiger partial charge in [-0.1, -0.05) is 6.07 Å². The maximum atomic E-state index is 12.2. The van der Waals surface area contributed by atoms with Crippen LogP contribution >= 0.6 is 0 Å². The van der Waals surface area contributed by atoms with Crippen molar-refractivity contribution in [3.63, 3.8) is 0 Å². The molecular formula is C16H18N2O2. The Morgan fingerprint density at radius 1 is 1.10 bits per heavy atom. The van der Waals surface area contributed by atoms with Gasteiger partial charge >= 0.3 is 0 Å². The molecule has 0 unspecified atom stereocenters. The smallest absolute Gasteiger partial charge is 0.255 e. The molecule has 0 bridgehead atoms. The van der Waals surface area contributed by atoms with Crippen LogP contribution in [0.3, 0.4) is 0 Å². The van der Waals surface area contributed by atoms with Gasteiger partial charge in [-0.25, -0.2) is 0 Å². The van der Waals surface area contributed by atoms with Gasteiger partial charge in [-0.2, -0.15) is 0 Å². The Balaban J connectivity index is 2.30. The number of nitrogens with one attached hydrogen (secondary N) is 1. The zero-order valence-corrected chi connectivity index (χ0v) is 11.8. The molecule has 0 atom stereocenters. The van der Waals surface area contributed by atoms with Crippen LogP contribution in [-0.4, -0.2) is 11.0 Å². The first-order chi connectivity index (χ1) is 9.38. The van der Waals surface area contributed by atoms with Gasteiger partial charge in [0, 0.05) is 11.3 Å². The van der Waals surface area contributed by atoms with E-state index in [1.54, 1.807) is 31.2 Å². The van der Waals surface area contributed by atoms with E-state index >= 15 is 0 Å². The van der Waals surface area contributed by atoms with Crippen molar-refractivity contribution in [3.05, 3.63) is 52.6 Å². The number of phenolic OH excluding ortho intramolecular Hbond substituents is 1. The average molecular weight is 270 g/mol. The molecule has 0 aliphatic rings. The van der Waals surface area contributed by atoms with Crippen molar-refractivity contribution in [1.82, 2.24) is 0 Å². The fourth-order valence-corrected chi connectivity index (χ4v) is 2.07. The molecule has 20 heavy (non-hydrogen) atoms. The molecule has 0 heterocycles. The topological polar surface area (TPSA) is 75.3 Å². The predicted molar refractivity (Wildman–Crippen MR) is 81.1 cm³/mol. The van der Waals surface area contributed by atoms with Gasteiger partial charge in [0.05, 0.1) is 5.69 Å². The number of amides is 1. The number of carbonyl (C=O) groups excluding carboxylic acids is 1. The summed E-state index contributed by atoms with van der Waals surface area (Å²) >= 11 is 0. The number of hydrogen-bond donors (Lipinski definition) is 3. The molecule has 104 valence electrons. The molecule has 0 aliphatic heterocycles. The fraction of sp³-hybridized carbons (Fsp3) is 0.188. The molecule has 1 amide bonds. The highest BCUT2D eigenvalue weighted by molar-refractivity contribution is 6.05. The lowest BCUT2D eigenvalue weighted by molar-refractivity contribution is 0.102. The van der Waals surface area contributed by atoms with Crippen LogP contribution in [0.2, 0.25) is 0 Å². The van der Waals surface area contributed by atoms with Crippen LogP contribution in [-0.2, 0) is 0 Å². The van der Waals surface area contributed by atoms with Gasteiger partial charge < -0.3 is 16.2 Å². The summed E-state index contributed by atoms with van der Waals surface area (Å²) in [5.41, 5.74) is 9.87. The summed E-state index contributed by atoms with van der Waals surface area (Å²) in [4.78, 5) is 12.2. The van der Waals surface area contributed by atoms with Crippen LogP contribution in [0.4, 0.5) is 11.4 Å². The summed E-state index contributed by atoms with van der Waals surface area (Å²) in [7, 11) is 0. The number of rotatable bonds is 2. The molecule has 4 heteroatoms. The van der Waals surface area contributed by atoms with E-state index in [0.29, 0.717) is 16.9 Å². The zero-order chi connectivity index (χ0) is 14.9. The van der Waals surface area contributed by atoms with Gasteiger partial charge in [0.1, 0.15) is 5.75 Å². The summed E-state index contributed by atoms with van der Waals surface area (Å²) in [6, 6.07) is 8.69. The molecule has 0 fully saturated rings. The minimum atomic E-state index is -0.270. The number of hydrogen-bond acceptors (Lipinski definition) is 3. The van der Waals surface area contributed by atoms with Gasteiger partial charge in [0.15, 0.2) is 0 Å². The highest BCUT2D eigenvalue weighted by atomic mass is 16.3. The fourth-order valence-electron chi connectivity index (χ4n) is 2.07. The molecule has 0 aliphatic carbocycles. The molecule has 4 nitrogen and oxygen atoms in total. The predicted octanol–water partition coefficient (Wildman–Crippen LogP) is 3.15. The van der Waals surface area contributed by atoms with Crippen LogP contribution in [0.1, 0.15) is 27.0 Å². The Bertz CT molecular complexity index is 678.